The molecule has 6 rings (SSSR count). The van der Waals surface area contributed by atoms with E-state index < -0.39 is 5.60 Å². The van der Waals surface area contributed by atoms with E-state index in [-0.39, 0.29) is 40.6 Å². The van der Waals surface area contributed by atoms with Crippen LogP contribution in [0.25, 0.3) is 0 Å². The summed E-state index contributed by atoms with van der Waals surface area (Å²) in [6, 6.07) is 0. The summed E-state index contributed by atoms with van der Waals surface area (Å²) >= 11 is 1.02. The van der Waals surface area contributed by atoms with Crippen LogP contribution in [0.4, 0.5) is 4.79 Å². The van der Waals surface area contributed by atoms with E-state index in [0.717, 1.165) is 49.3 Å². The van der Waals surface area contributed by atoms with Gasteiger partial charge in [-0.15, -0.1) is 0 Å². The number of aliphatic hydroxyl groups is 1. The molecule has 5 saturated carbocycles. The van der Waals surface area contributed by atoms with Crippen molar-refractivity contribution in [2.24, 2.45) is 58.7 Å². The summed E-state index contributed by atoms with van der Waals surface area (Å²) in [7, 11) is 0. The predicted molar refractivity (Wildman–Crippen MR) is 123 cm³/mol. The fourth-order valence-corrected chi connectivity index (χ4v) is 10.6. The van der Waals surface area contributed by atoms with Gasteiger partial charge in [-0.1, -0.05) is 25.6 Å². The molecule has 5 nitrogen and oxygen atoms in total. The van der Waals surface area contributed by atoms with Crippen molar-refractivity contribution in [3.05, 3.63) is 0 Å². The van der Waals surface area contributed by atoms with Crippen LogP contribution >= 0.6 is 11.8 Å². The Bertz CT molecular complexity index is 856. The highest BCUT2D eigenvalue weighted by molar-refractivity contribution is 8.14. The minimum Gasteiger partial charge on any atom is -0.390 e. The van der Waals surface area contributed by atoms with Gasteiger partial charge < -0.3 is 5.11 Å². The summed E-state index contributed by atoms with van der Waals surface area (Å²) in [4.78, 5) is 39.1. The fourth-order valence-electron chi connectivity index (χ4n) is 9.87. The van der Waals surface area contributed by atoms with Gasteiger partial charge in [-0.05, 0) is 105 Å². The number of thioether (sulfide) groups is 1. The number of ketones is 1. The van der Waals surface area contributed by atoms with Gasteiger partial charge in [0.25, 0.3) is 5.24 Å². The van der Waals surface area contributed by atoms with Gasteiger partial charge in [-0.2, -0.15) is 0 Å². The lowest BCUT2D eigenvalue weighted by molar-refractivity contribution is -0.140. The standard InChI is InChI=1S/C26H37NO4S/c1-13-20-21(13)23(18(28)11-27-19(29)12-32-24(27)30)26(3)9-7-16-15-6-8-25(2,31)10-14(15)4-5-17(16)22(20)26/h13-17,20-23,31H,4-12H2,1-3H3/t13-,14+,15-,16+,17+,20?,21?,22+,23-,25+,26-/m0/s1. The quantitative estimate of drug-likeness (QED) is 0.678. The second kappa shape index (κ2) is 7.07. The van der Waals surface area contributed by atoms with E-state index in [9.17, 15) is 19.5 Å². The molecule has 0 aromatic heterocycles. The Morgan fingerprint density at radius 1 is 1.06 bits per heavy atom. The molecule has 176 valence electrons. The molecule has 0 bridgehead atoms. The van der Waals surface area contributed by atoms with E-state index >= 15 is 0 Å². The van der Waals surface area contributed by atoms with E-state index in [1.54, 1.807) is 0 Å². The Balaban J connectivity index is 1.25. The van der Waals surface area contributed by atoms with Crippen LogP contribution in [0.5, 0.6) is 0 Å². The van der Waals surface area contributed by atoms with Crippen molar-refractivity contribution in [1.29, 1.82) is 0 Å². The molecule has 0 radical (unpaired) electrons. The van der Waals surface area contributed by atoms with E-state index in [2.05, 4.69) is 13.8 Å². The number of carbonyl (C=O) groups is 3. The number of Topliss-reactive ketones (excluding diaryl/α,β-unsaturated/α-hetero) is 1. The minimum atomic E-state index is -0.485. The summed E-state index contributed by atoms with van der Waals surface area (Å²) in [5, 5.41) is 10.4. The van der Waals surface area contributed by atoms with E-state index in [0.29, 0.717) is 35.5 Å². The number of nitrogens with zero attached hydrogens (tertiary/aromatic N) is 1. The lowest BCUT2D eigenvalue weighted by Gasteiger charge is -2.58. The van der Waals surface area contributed by atoms with Gasteiger partial charge in [0.1, 0.15) is 0 Å². The van der Waals surface area contributed by atoms with Crippen molar-refractivity contribution in [2.45, 2.75) is 71.3 Å². The molecule has 1 saturated heterocycles. The highest BCUT2D eigenvalue weighted by atomic mass is 32.2. The molecule has 0 aromatic carbocycles. The zero-order valence-corrected chi connectivity index (χ0v) is 20.4. The van der Waals surface area contributed by atoms with Crippen LogP contribution in [0.15, 0.2) is 0 Å². The van der Waals surface area contributed by atoms with Gasteiger partial charge in [0.2, 0.25) is 5.91 Å². The molecule has 6 fully saturated rings. The number of rotatable bonds is 3. The Kier molecular flexibility index (Phi) is 4.78. The Morgan fingerprint density at radius 3 is 2.53 bits per heavy atom. The fraction of sp³-hybridized carbons (Fsp3) is 0.885. The van der Waals surface area contributed by atoms with Crippen molar-refractivity contribution in [3.8, 4) is 0 Å². The zero-order chi connectivity index (χ0) is 22.6. The summed E-state index contributed by atoms with van der Waals surface area (Å²) in [6.45, 7) is 6.70. The summed E-state index contributed by atoms with van der Waals surface area (Å²) in [6.07, 6.45) is 7.83. The average molecular weight is 460 g/mol. The first kappa shape index (κ1) is 21.6. The summed E-state index contributed by atoms with van der Waals surface area (Å²) < 4.78 is 0. The first-order valence-electron chi connectivity index (χ1n) is 12.8. The Labute approximate surface area is 195 Å². The molecule has 2 unspecified atom stereocenters. The Morgan fingerprint density at radius 2 is 1.81 bits per heavy atom. The smallest absolute Gasteiger partial charge is 0.289 e. The second-order valence-electron chi connectivity index (χ2n) is 12.6. The van der Waals surface area contributed by atoms with Crippen LogP contribution in [0.1, 0.15) is 65.7 Å². The normalized spacial score (nSPS) is 54.0. The number of hydrogen-bond donors (Lipinski definition) is 1. The van der Waals surface area contributed by atoms with Gasteiger partial charge >= 0.3 is 0 Å². The van der Waals surface area contributed by atoms with Gasteiger partial charge in [-0.3, -0.25) is 19.3 Å². The average Bonchev–Trinajstić information content (AvgIpc) is 3.09. The molecule has 6 heteroatoms. The van der Waals surface area contributed by atoms with Gasteiger partial charge in [0, 0.05) is 5.92 Å². The maximum atomic E-state index is 13.6. The number of carbonyl (C=O) groups excluding carboxylic acids is 3. The molecule has 1 aliphatic heterocycles. The molecular weight excluding hydrogens is 422 g/mol. The highest BCUT2D eigenvalue weighted by Gasteiger charge is 2.74. The van der Waals surface area contributed by atoms with Crippen LogP contribution in [-0.4, -0.2) is 44.8 Å². The largest absolute Gasteiger partial charge is 0.390 e. The van der Waals surface area contributed by atoms with Crippen LogP contribution in [0, 0.1) is 58.7 Å². The molecule has 5 aliphatic carbocycles. The SMILES string of the molecule is C[C@@H]1C2C1[C@H]1[C@@H]3CC[C@@H]4C[C@](C)(O)CC[C@@H]4[C@H]3CC[C@]1(C)[C@H]2C(=O)CN1C(=O)CSC1=O. The molecular formula is C26H37NO4S. The van der Waals surface area contributed by atoms with Crippen LogP contribution in [-0.2, 0) is 9.59 Å². The Hall–Kier alpha value is -0.880. The van der Waals surface area contributed by atoms with Crippen molar-refractivity contribution in [2.75, 3.05) is 12.3 Å². The third-order valence-corrected chi connectivity index (χ3v) is 11.9. The monoisotopic (exact) mass is 459 g/mol. The first-order chi connectivity index (χ1) is 15.1. The van der Waals surface area contributed by atoms with Crippen LogP contribution in [0.2, 0.25) is 0 Å². The van der Waals surface area contributed by atoms with E-state index in [1.807, 2.05) is 6.92 Å². The predicted octanol–water partition coefficient (Wildman–Crippen LogP) is 4.37. The summed E-state index contributed by atoms with van der Waals surface area (Å²) in [5.41, 5.74) is -0.465. The van der Waals surface area contributed by atoms with Crippen molar-refractivity contribution < 1.29 is 19.5 Å². The lowest BCUT2D eigenvalue weighted by Crippen LogP contribution is -2.53. The third-order valence-electron chi connectivity index (χ3n) is 11.1. The number of fused-ring (bicyclic) bond motifs is 7. The maximum Gasteiger partial charge on any atom is 0.289 e. The number of amides is 2. The second-order valence-corrected chi connectivity index (χ2v) is 13.6. The van der Waals surface area contributed by atoms with Crippen molar-refractivity contribution in [3.63, 3.8) is 0 Å². The van der Waals surface area contributed by atoms with Crippen LogP contribution in [0.3, 0.4) is 0 Å². The molecule has 1 N–H and O–H groups in total. The van der Waals surface area contributed by atoms with Crippen LogP contribution < -0.4 is 0 Å². The van der Waals surface area contributed by atoms with Gasteiger partial charge in [0.15, 0.2) is 5.78 Å². The minimum absolute atomic E-state index is 0.00413. The molecule has 0 aromatic rings. The van der Waals surface area contributed by atoms with Crippen molar-refractivity contribution >= 4 is 28.7 Å². The topological polar surface area (TPSA) is 74.7 Å². The maximum absolute atomic E-state index is 13.6. The molecule has 0 spiro atoms. The number of imide groups is 1. The summed E-state index contributed by atoms with van der Waals surface area (Å²) in [5.74, 6) is 5.28. The molecule has 32 heavy (non-hydrogen) atoms. The molecule has 1 heterocycles. The van der Waals surface area contributed by atoms with Gasteiger partial charge in [0.05, 0.1) is 17.9 Å². The highest BCUT2D eigenvalue weighted by Crippen LogP contribution is 2.76. The lowest BCUT2D eigenvalue weighted by atomic mass is 9.47. The van der Waals surface area contributed by atoms with Crippen molar-refractivity contribution in [1.82, 2.24) is 4.90 Å². The van der Waals surface area contributed by atoms with E-state index in [4.69, 9.17) is 0 Å². The third kappa shape index (κ3) is 2.97. The molecule has 2 amide bonds. The van der Waals surface area contributed by atoms with E-state index in [1.165, 1.54) is 24.2 Å². The first-order valence-corrected chi connectivity index (χ1v) is 13.8. The molecule has 11 atom stereocenters. The van der Waals surface area contributed by atoms with Gasteiger partial charge in [-0.25, -0.2) is 0 Å². The molecule has 6 aliphatic rings. The zero-order valence-electron chi connectivity index (χ0n) is 19.6. The number of hydrogen-bond acceptors (Lipinski definition) is 5.